The van der Waals surface area contributed by atoms with Gasteiger partial charge in [-0.25, -0.2) is 4.79 Å². The molecule has 0 spiro atoms. The van der Waals surface area contributed by atoms with Crippen LogP contribution in [0.3, 0.4) is 0 Å². The third-order valence-corrected chi connectivity index (χ3v) is 2.30. The van der Waals surface area contributed by atoms with Crippen molar-refractivity contribution in [2.24, 2.45) is 5.92 Å². The van der Waals surface area contributed by atoms with E-state index in [0.717, 1.165) is 0 Å². The molecule has 68 valence electrons. The number of carboxylic acid groups (broad SMARTS) is 1. The van der Waals surface area contributed by atoms with E-state index in [9.17, 15) is 9.59 Å². The third-order valence-electron chi connectivity index (χ3n) is 2.30. The molecule has 1 aliphatic rings. The lowest BCUT2D eigenvalue weighted by Crippen LogP contribution is -2.37. The van der Waals surface area contributed by atoms with Crippen LogP contribution < -0.4 is 0 Å². The van der Waals surface area contributed by atoms with Gasteiger partial charge in [-0.05, 0) is 6.42 Å². The average molecular weight is 172 g/mol. The van der Waals surface area contributed by atoms with Gasteiger partial charge in [-0.15, -0.1) is 0 Å². The topological polar surface area (TPSA) is 63.6 Å². The minimum absolute atomic E-state index is 0.289. The van der Waals surface area contributed by atoms with E-state index in [-0.39, 0.29) is 12.3 Å². The van der Waals surface area contributed by atoms with Gasteiger partial charge in [-0.2, -0.15) is 0 Å². The highest BCUT2D eigenvalue weighted by molar-refractivity contribution is 5.86. The second-order valence-electron chi connectivity index (χ2n) is 3.18. The molecule has 2 unspecified atom stereocenters. The van der Waals surface area contributed by atoms with E-state index >= 15 is 0 Å². The summed E-state index contributed by atoms with van der Waals surface area (Å²) in [5, 5.41) is 8.82. The number of aliphatic carboxylic acids is 1. The number of ether oxygens (including phenoxy) is 1. The van der Waals surface area contributed by atoms with Crippen LogP contribution in [0.4, 0.5) is 0 Å². The molecule has 4 heteroatoms. The van der Waals surface area contributed by atoms with Gasteiger partial charge in [0.2, 0.25) is 5.60 Å². The van der Waals surface area contributed by atoms with Crippen LogP contribution in [0.1, 0.15) is 26.7 Å². The number of carbonyl (C=O) groups is 2. The summed E-state index contributed by atoms with van der Waals surface area (Å²) in [6.07, 6.45) is 0.621. The number of rotatable bonds is 2. The van der Waals surface area contributed by atoms with Crippen molar-refractivity contribution in [2.45, 2.75) is 32.3 Å². The van der Waals surface area contributed by atoms with E-state index in [0.29, 0.717) is 6.42 Å². The number of hydrogen-bond donors (Lipinski definition) is 1. The fraction of sp³-hybridized carbons (Fsp3) is 0.750. The first-order chi connectivity index (χ1) is 5.52. The zero-order valence-electron chi connectivity index (χ0n) is 7.16. The van der Waals surface area contributed by atoms with Crippen molar-refractivity contribution >= 4 is 11.9 Å². The molecule has 12 heavy (non-hydrogen) atoms. The molecule has 0 aromatic carbocycles. The highest BCUT2D eigenvalue weighted by atomic mass is 16.6. The highest BCUT2D eigenvalue weighted by Crippen LogP contribution is 2.33. The summed E-state index contributed by atoms with van der Waals surface area (Å²) in [5.74, 6) is -1.73. The van der Waals surface area contributed by atoms with E-state index in [1.54, 1.807) is 13.8 Å². The summed E-state index contributed by atoms with van der Waals surface area (Å²) < 4.78 is 4.83. The molecule has 1 heterocycles. The fourth-order valence-electron chi connectivity index (χ4n) is 1.41. The predicted octanol–water partition coefficient (Wildman–Crippen LogP) is 0.803. The molecule has 0 radical (unpaired) electrons. The molecular formula is C8H12O4. The Morgan fingerprint density at radius 1 is 1.83 bits per heavy atom. The van der Waals surface area contributed by atoms with Gasteiger partial charge in [-0.3, -0.25) is 4.79 Å². The molecule has 4 nitrogen and oxygen atoms in total. The second-order valence-corrected chi connectivity index (χ2v) is 3.18. The molecule has 0 saturated carbocycles. The van der Waals surface area contributed by atoms with Crippen LogP contribution in [-0.4, -0.2) is 22.6 Å². The van der Waals surface area contributed by atoms with Crippen LogP contribution in [0.5, 0.6) is 0 Å². The largest absolute Gasteiger partial charge is 0.478 e. The number of carbonyl (C=O) groups excluding carboxylic acids is 1. The maximum absolute atomic E-state index is 11.0. The lowest BCUT2D eigenvalue weighted by molar-refractivity contribution is -0.170. The Morgan fingerprint density at radius 3 is 2.58 bits per heavy atom. The Hall–Kier alpha value is -1.06. The summed E-state index contributed by atoms with van der Waals surface area (Å²) in [7, 11) is 0. The average Bonchev–Trinajstić information content (AvgIpc) is 2.29. The molecule has 1 saturated heterocycles. The molecule has 0 aliphatic carbocycles. The minimum Gasteiger partial charge on any atom is -0.478 e. The van der Waals surface area contributed by atoms with Gasteiger partial charge in [0.05, 0.1) is 5.92 Å². The molecule has 1 rings (SSSR count). The van der Waals surface area contributed by atoms with Crippen molar-refractivity contribution in [3.63, 3.8) is 0 Å². The number of esters is 1. The second kappa shape index (κ2) is 2.77. The Labute approximate surface area is 70.5 Å². The van der Waals surface area contributed by atoms with E-state index in [2.05, 4.69) is 0 Å². The van der Waals surface area contributed by atoms with Crippen molar-refractivity contribution in [3.05, 3.63) is 0 Å². The molecule has 0 aromatic heterocycles. The van der Waals surface area contributed by atoms with Crippen LogP contribution in [0.2, 0.25) is 0 Å². The van der Waals surface area contributed by atoms with Gasteiger partial charge in [-0.1, -0.05) is 13.8 Å². The van der Waals surface area contributed by atoms with Crippen molar-refractivity contribution in [3.8, 4) is 0 Å². The summed E-state index contributed by atoms with van der Waals surface area (Å²) in [6.45, 7) is 3.39. The first kappa shape index (κ1) is 9.03. The van der Waals surface area contributed by atoms with Crippen LogP contribution in [0.15, 0.2) is 0 Å². The number of carboxylic acids is 1. The van der Waals surface area contributed by atoms with E-state index in [1.807, 2.05) is 0 Å². The first-order valence-corrected chi connectivity index (χ1v) is 3.98. The predicted molar refractivity (Wildman–Crippen MR) is 40.5 cm³/mol. The van der Waals surface area contributed by atoms with E-state index < -0.39 is 17.5 Å². The van der Waals surface area contributed by atoms with E-state index in [4.69, 9.17) is 9.84 Å². The fourth-order valence-corrected chi connectivity index (χ4v) is 1.41. The van der Waals surface area contributed by atoms with Crippen LogP contribution in [-0.2, 0) is 14.3 Å². The Bertz CT molecular complexity index is 223. The quantitative estimate of drug-likeness (QED) is 0.626. The highest BCUT2D eigenvalue weighted by Gasteiger charge is 2.49. The third kappa shape index (κ3) is 1.17. The van der Waals surface area contributed by atoms with Crippen molar-refractivity contribution < 1.29 is 19.4 Å². The van der Waals surface area contributed by atoms with Crippen LogP contribution in [0.25, 0.3) is 0 Å². The van der Waals surface area contributed by atoms with Crippen LogP contribution >= 0.6 is 0 Å². The molecule has 1 aliphatic heterocycles. The van der Waals surface area contributed by atoms with Gasteiger partial charge >= 0.3 is 11.9 Å². The lowest BCUT2D eigenvalue weighted by Gasteiger charge is -2.19. The molecular weight excluding hydrogens is 160 g/mol. The Kier molecular flexibility index (Phi) is 2.08. The molecule has 1 fully saturated rings. The molecule has 0 amide bonds. The monoisotopic (exact) mass is 172 g/mol. The van der Waals surface area contributed by atoms with Gasteiger partial charge in [0.15, 0.2) is 0 Å². The zero-order valence-corrected chi connectivity index (χ0v) is 7.16. The molecule has 0 bridgehead atoms. The van der Waals surface area contributed by atoms with Gasteiger partial charge < -0.3 is 9.84 Å². The summed E-state index contributed by atoms with van der Waals surface area (Å²) in [5.41, 5.74) is -1.25. The molecule has 1 N–H and O–H groups in total. The standard InChI is InChI=1S/C8H12O4/c1-3-8(7(10)11)4-5(2)6(9)12-8/h5H,3-4H2,1-2H3,(H,10,11). The van der Waals surface area contributed by atoms with E-state index in [1.165, 1.54) is 0 Å². The maximum atomic E-state index is 11.0. The van der Waals surface area contributed by atoms with Crippen molar-refractivity contribution in [1.82, 2.24) is 0 Å². The Morgan fingerprint density at radius 2 is 2.42 bits per heavy atom. The number of hydrogen-bond acceptors (Lipinski definition) is 3. The van der Waals surface area contributed by atoms with Crippen molar-refractivity contribution in [1.29, 1.82) is 0 Å². The normalized spacial score (nSPS) is 34.8. The van der Waals surface area contributed by atoms with Gasteiger partial charge in [0.25, 0.3) is 0 Å². The summed E-state index contributed by atoms with van der Waals surface area (Å²) in [4.78, 5) is 21.7. The lowest BCUT2D eigenvalue weighted by atomic mass is 9.93. The smallest absolute Gasteiger partial charge is 0.348 e. The summed E-state index contributed by atoms with van der Waals surface area (Å²) >= 11 is 0. The van der Waals surface area contributed by atoms with Crippen LogP contribution in [0, 0.1) is 5.92 Å². The number of cyclic esters (lactones) is 1. The molecule has 2 atom stereocenters. The first-order valence-electron chi connectivity index (χ1n) is 3.98. The van der Waals surface area contributed by atoms with Gasteiger partial charge in [0, 0.05) is 6.42 Å². The van der Waals surface area contributed by atoms with Gasteiger partial charge in [0.1, 0.15) is 0 Å². The zero-order chi connectivity index (χ0) is 9.35. The maximum Gasteiger partial charge on any atom is 0.348 e. The Balaban J connectivity index is 2.85. The molecule has 0 aromatic rings. The summed E-state index contributed by atoms with van der Waals surface area (Å²) in [6, 6.07) is 0. The SMILES string of the molecule is CCC1(C(=O)O)CC(C)C(=O)O1. The minimum atomic E-state index is -1.25. The van der Waals surface area contributed by atoms with Crippen molar-refractivity contribution in [2.75, 3.05) is 0 Å².